The largest absolute Gasteiger partial charge is 0.388 e. The first-order chi connectivity index (χ1) is 7.20. The van der Waals surface area contributed by atoms with Gasteiger partial charge in [-0.05, 0) is 18.2 Å². The van der Waals surface area contributed by atoms with Crippen molar-refractivity contribution in [1.29, 1.82) is 0 Å². The molecule has 0 unspecified atom stereocenters. The van der Waals surface area contributed by atoms with Gasteiger partial charge in [0.15, 0.2) is 5.82 Å². The van der Waals surface area contributed by atoms with Crippen LogP contribution < -0.4 is 0 Å². The maximum absolute atomic E-state index is 13.2. The zero-order chi connectivity index (χ0) is 10.8. The highest BCUT2D eigenvalue weighted by atomic mass is 19.1. The monoisotopic (exact) mass is 212 g/mol. The van der Waals surface area contributed by atoms with Gasteiger partial charge in [0.2, 0.25) is 0 Å². The van der Waals surface area contributed by atoms with Crippen LogP contribution >= 0.6 is 0 Å². The topological polar surface area (TPSA) is 59.2 Å². The first-order valence-corrected chi connectivity index (χ1v) is 4.09. The Kier molecular flexibility index (Phi) is 2.42. The van der Waals surface area contributed by atoms with Crippen LogP contribution in [-0.2, 0) is 6.61 Å². The Morgan fingerprint density at radius 1 is 1.33 bits per heavy atom. The molecule has 0 aliphatic carbocycles. The predicted molar refractivity (Wildman–Crippen MR) is 45.6 cm³/mol. The SMILES string of the molecule is OCc1noc(-c2cc(F)ccc2F)n1. The number of hydrogen-bond donors (Lipinski definition) is 1. The van der Waals surface area contributed by atoms with Gasteiger partial charge in [-0.25, -0.2) is 8.78 Å². The van der Waals surface area contributed by atoms with Gasteiger partial charge in [0, 0.05) is 0 Å². The van der Waals surface area contributed by atoms with Crippen molar-refractivity contribution in [3.8, 4) is 11.5 Å². The van der Waals surface area contributed by atoms with Crippen LogP contribution in [0.3, 0.4) is 0 Å². The molecule has 78 valence electrons. The van der Waals surface area contributed by atoms with Crippen LogP contribution in [0, 0.1) is 11.6 Å². The highest BCUT2D eigenvalue weighted by Gasteiger charge is 2.13. The van der Waals surface area contributed by atoms with Crippen molar-refractivity contribution in [3.05, 3.63) is 35.7 Å². The van der Waals surface area contributed by atoms with Crippen LogP contribution in [0.4, 0.5) is 8.78 Å². The van der Waals surface area contributed by atoms with Gasteiger partial charge in [-0.3, -0.25) is 0 Å². The summed E-state index contributed by atoms with van der Waals surface area (Å²) < 4.78 is 30.7. The molecule has 2 rings (SSSR count). The summed E-state index contributed by atoms with van der Waals surface area (Å²) in [7, 11) is 0. The molecule has 0 saturated carbocycles. The van der Waals surface area contributed by atoms with Crippen molar-refractivity contribution in [2.75, 3.05) is 0 Å². The van der Waals surface area contributed by atoms with E-state index in [9.17, 15) is 8.78 Å². The van der Waals surface area contributed by atoms with E-state index < -0.39 is 18.2 Å². The maximum atomic E-state index is 13.2. The normalized spacial score (nSPS) is 10.6. The van der Waals surface area contributed by atoms with Crippen molar-refractivity contribution < 1.29 is 18.4 Å². The molecule has 0 aliphatic rings. The van der Waals surface area contributed by atoms with Gasteiger partial charge in [0.25, 0.3) is 5.89 Å². The minimum absolute atomic E-state index is 0.0219. The minimum Gasteiger partial charge on any atom is -0.388 e. The summed E-state index contributed by atoms with van der Waals surface area (Å²) >= 11 is 0. The molecule has 1 N–H and O–H groups in total. The third-order valence-corrected chi connectivity index (χ3v) is 1.77. The Balaban J connectivity index is 2.48. The highest BCUT2D eigenvalue weighted by Crippen LogP contribution is 2.21. The Bertz CT molecular complexity index is 485. The number of aliphatic hydroxyl groups is 1. The van der Waals surface area contributed by atoms with Crippen molar-refractivity contribution in [2.45, 2.75) is 6.61 Å². The van der Waals surface area contributed by atoms with Gasteiger partial charge in [-0.15, -0.1) is 0 Å². The minimum atomic E-state index is -0.662. The van der Waals surface area contributed by atoms with Crippen LogP contribution in [-0.4, -0.2) is 15.2 Å². The molecule has 1 heterocycles. The molecule has 15 heavy (non-hydrogen) atoms. The molecule has 0 spiro atoms. The molecule has 0 atom stereocenters. The second kappa shape index (κ2) is 3.74. The second-order valence-electron chi connectivity index (χ2n) is 2.80. The molecular formula is C9H6F2N2O2. The lowest BCUT2D eigenvalue weighted by Crippen LogP contribution is -1.88. The van der Waals surface area contributed by atoms with Gasteiger partial charge in [-0.1, -0.05) is 5.16 Å². The van der Waals surface area contributed by atoms with E-state index in [4.69, 9.17) is 5.11 Å². The summed E-state index contributed by atoms with van der Waals surface area (Å²) in [6.45, 7) is -0.416. The summed E-state index contributed by atoms with van der Waals surface area (Å²) in [6.07, 6.45) is 0. The lowest BCUT2D eigenvalue weighted by molar-refractivity contribution is 0.264. The molecule has 4 nitrogen and oxygen atoms in total. The summed E-state index contributed by atoms with van der Waals surface area (Å²) in [5, 5.41) is 12.0. The van der Waals surface area contributed by atoms with E-state index in [-0.39, 0.29) is 17.3 Å². The van der Waals surface area contributed by atoms with Gasteiger partial charge in [0.05, 0.1) is 5.56 Å². The number of halogens is 2. The molecule has 1 aromatic carbocycles. The smallest absolute Gasteiger partial charge is 0.261 e. The van der Waals surface area contributed by atoms with E-state index in [1.807, 2.05) is 0 Å². The van der Waals surface area contributed by atoms with Crippen LogP contribution in [0.5, 0.6) is 0 Å². The first-order valence-electron chi connectivity index (χ1n) is 4.09. The lowest BCUT2D eigenvalue weighted by atomic mass is 10.2. The standard InChI is InChI=1S/C9H6F2N2O2/c10-5-1-2-7(11)6(3-5)9-12-8(4-14)13-15-9/h1-3,14H,4H2. The predicted octanol–water partition coefficient (Wildman–Crippen LogP) is 1.51. The number of hydrogen-bond acceptors (Lipinski definition) is 4. The Labute approximate surface area is 83.2 Å². The zero-order valence-corrected chi connectivity index (χ0v) is 7.44. The molecule has 0 radical (unpaired) electrons. The zero-order valence-electron chi connectivity index (χ0n) is 7.44. The third kappa shape index (κ3) is 1.84. The van der Waals surface area contributed by atoms with Crippen molar-refractivity contribution >= 4 is 0 Å². The molecule has 2 aromatic rings. The quantitative estimate of drug-likeness (QED) is 0.819. The van der Waals surface area contributed by atoms with E-state index in [1.165, 1.54) is 0 Å². The van der Waals surface area contributed by atoms with Gasteiger partial charge < -0.3 is 9.63 Å². The van der Waals surface area contributed by atoms with Crippen LogP contribution in [0.2, 0.25) is 0 Å². The van der Waals surface area contributed by atoms with E-state index in [2.05, 4.69) is 14.7 Å². The summed E-state index contributed by atoms with van der Waals surface area (Å²) in [6, 6.07) is 2.90. The molecule has 0 aliphatic heterocycles. The fourth-order valence-corrected chi connectivity index (χ4v) is 1.09. The summed E-state index contributed by atoms with van der Waals surface area (Å²) in [5.41, 5.74) is -0.123. The van der Waals surface area contributed by atoms with Crippen molar-refractivity contribution in [1.82, 2.24) is 10.1 Å². The molecular weight excluding hydrogens is 206 g/mol. The molecule has 0 bridgehead atoms. The van der Waals surface area contributed by atoms with E-state index in [1.54, 1.807) is 0 Å². The van der Waals surface area contributed by atoms with E-state index in [0.29, 0.717) is 0 Å². The summed E-state index contributed by atoms with van der Waals surface area (Å²) in [4.78, 5) is 3.67. The van der Waals surface area contributed by atoms with Gasteiger partial charge >= 0.3 is 0 Å². The van der Waals surface area contributed by atoms with E-state index in [0.717, 1.165) is 18.2 Å². The first kappa shape index (κ1) is 9.72. The average molecular weight is 212 g/mol. The Hall–Kier alpha value is -1.82. The molecule has 6 heteroatoms. The number of benzene rings is 1. The fraction of sp³-hybridized carbons (Fsp3) is 0.111. The average Bonchev–Trinajstić information content (AvgIpc) is 2.70. The van der Waals surface area contributed by atoms with Crippen LogP contribution in [0.25, 0.3) is 11.5 Å². The second-order valence-corrected chi connectivity index (χ2v) is 2.80. The van der Waals surface area contributed by atoms with Crippen LogP contribution in [0.15, 0.2) is 22.7 Å². The maximum Gasteiger partial charge on any atom is 0.261 e. The molecule has 0 saturated heterocycles. The number of rotatable bonds is 2. The number of nitrogens with zero attached hydrogens (tertiary/aromatic N) is 2. The van der Waals surface area contributed by atoms with Crippen molar-refractivity contribution in [3.63, 3.8) is 0 Å². The van der Waals surface area contributed by atoms with Crippen LogP contribution in [0.1, 0.15) is 5.82 Å². The molecule has 1 aromatic heterocycles. The third-order valence-electron chi connectivity index (χ3n) is 1.77. The van der Waals surface area contributed by atoms with Gasteiger partial charge in [-0.2, -0.15) is 4.98 Å². The highest BCUT2D eigenvalue weighted by molar-refractivity contribution is 5.53. The van der Waals surface area contributed by atoms with Crippen molar-refractivity contribution in [2.24, 2.45) is 0 Å². The molecule has 0 amide bonds. The Morgan fingerprint density at radius 3 is 2.80 bits per heavy atom. The number of aliphatic hydroxyl groups excluding tert-OH is 1. The van der Waals surface area contributed by atoms with E-state index >= 15 is 0 Å². The Morgan fingerprint density at radius 2 is 2.13 bits per heavy atom. The summed E-state index contributed by atoms with van der Waals surface area (Å²) in [5.74, 6) is -1.40. The number of aromatic nitrogens is 2. The van der Waals surface area contributed by atoms with Gasteiger partial charge in [0.1, 0.15) is 18.2 Å². The molecule has 0 fully saturated rings. The fourth-order valence-electron chi connectivity index (χ4n) is 1.09. The lowest BCUT2D eigenvalue weighted by Gasteiger charge is -1.96.